The number of rotatable bonds is 9. The number of benzene rings is 1. The molecule has 0 amide bonds. The van der Waals surface area contributed by atoms with Crippen LogP contribution in [0.15, 0.2) is 24.3 Å². The maximum atomic E-state index is 11.1. The van der Waals surface area contributed by atoms with Gasteiger partial charge in [0.15, 0.2) is 0 Å². The van der Waals surface area contributed by atoms with Crippen molar-refractivity contribution in [1.82, 2.24) is 0 Å². The van der Waals surface area contributed by atoms with Gasteiger partial charge < -0.3 is 10.0 Å². The molecule has 0 fully saturated rings. The maximum absolute atomic E-state index is 11.1. The quantitative estimate of drug-likeness (QED) is 0.732. The molecule has 0 aliphatic heterocycles. The number of nitrogens with zero attached hydrogens (tertiary/aromatic N) is 1. The van der Waals surface area contributed by atoms with Crippen LogP contribution in [-0.4, -0.2) is 24.2 Å². The first kappa shape index (κ1) is 16.8. The molecule has 0 saturated carbocycles. The Balaban J connectivity index is 2.80. The Morgan fingerprint density at radius 2 is 2.15 bits per heavy atom. The molecule has 0 aliphatic rings. The van der Waals surface area contributed by atoms with Gasteiger partial charge in [0.1, 0.15) is 6.54 Å². The molecule has 0 aliphatic carbocycles. The van der Waals surface area contributed by atoms with Crippen LogP contribution in [0, 0.1) is 5.92 Å². The first-order valence-corrected chi connectivity index (χ1v) is 7.66. The van der Waals surface area contributed by atoms with Crippen molar-refractivity contribution >= 4 is 23.3 Å². The van der Waals surface area contributed by atoms with E-state index in [-0.39, 0.29) is 6.54 Å². The van der Waals surface area contributed by atoms with Crippen molar-refractivity contribution in [3.05, 3.63) is 29.3 Å². The summed E-state index contributed by atoms with van der Waals surface area (Å²) in [5.41, 5.74) is 0.884. The van der Waals surface area contributed by atoms with Gasteiger partial charge in [0.25, 0.3) is 0 Å². The van der Waals surface area contributed by atoms with Crippen LogP contribution in [0.5, 0.6) is 0 Å². The average Bonchev–Trinajstić information content (AvgIpc) is 2.41. The van der Waals surface area contributed by atoms with Gasteiger partial charge in [0.2, 0.25) is 0 Å². The second-order valence-electron chi connectivity index (χ2n) is 5.17. The Morgan fingerprint density at radius 1 is 1.40 bits per heavy atom. The Hall–Kier alpha value is -1.22. The van der Waals surface area contributed by atoms with E-state index in [4.69, 9.17) is 16.7 Å². The largest absolute Gasteiger partial charge is 0.480 e. The van der Waals surface area contributed by atoms with Crippen molar-refractivity contribution in [1.29, 1.82) is 0 Å². The summed E-state index contributed by atoms with van der Waals surface area (Å²) in [6, 6.07) is 7.41. The van der Waals surface area contributed by atoms with Crippen molar-refractivity contribution in [2.45, 2.75) is 39.5 Å². The lowest BCUT2D eigenvalue weighted by atomic mass is 9.98. The molecule has 1 rings (SSSR count). The van der Waals surface area contributed by atoms with E-state index in [0.717, 1.165) is 25.1 Å². The van der Waals surface area contributed by atoms with Crippen molar-refractivity contribution in [3.63, 3.8) is 0 Å². The van der Waals surface area contributed by atoms with Crippen LogP contribution in [0.2, 0.25) is 5.02 Å². The van der Waals surface area contributed by atoms with Gasteiger partial charge in [-0.25, -0.2) is 0 Å². The van der Waals surface area contributed by atoms with E-state index in [2.05, 4.69) is 13.8 Å². The van der Waals surface area contributed by atoms with E-state index < -0.39 is 5.97 Å². The number of hydrogen-bond donors (Lipinski definition) is 1. The van der Waals surface area contributed by atoms with Gasteiger partial charge in [0.05, 0.1) is 0 Å². The van der Waals surface area contributed by atoms with Crippen LogP contribution in [0.3, 0.4) is 0 Å². The Bertz CT molecular complexity index is 423. The van der Waals surface area contributed by atoms with Crippen LogP contribution >= 0.6 is 11.6 Å². The van der Waals surface area contributed by atoms with Crippen LogP contribution < -0.4 is 4.90 Å². The molecule has 112 valence electrons. The van der Waals surface area contributed by atoms with Crippen molar-refractivity contribution in [2.75, 3.05) is 18.0 Å². The van der Waals surface area contributed by atoms with Crippen LogP contribution in [-0.2, 0) is 4.79 Å². The first-order chi connectivity index (χ1) is 9.56. The highest BCUT2D eigenvalue weighted by molar-refractivity contribution is 6.30. The minimum atomic E-state index is -0.810. The second-order valence-corrected chi connectivity index (χ2v) is 5.61. The topological polar surface area (TPSA) is 40.5 Å². The summed E-state index contributed by atoms with van der Waals surface area (Å²) in [6.07, 6.45) is 4.57. The standard InChI is InChI=1S/C16H24ClNO2/c1-3-5-7-13(4-2)11-18(12-16(19)20)15-9-6-8-14(17)10-15/h6,8-10,13H,3-5,7,11-12H2,1-2H3,(H,19,20). The molecule has 0 heterocycles. The zero-order chi connectivity index (χ0) is 15.0. The predicted molar refractivity (Wildman–Crippen MR) is 84.6 cm³/mol. The van der Waals surface area contributed by atoms with Crippen molar-refractivity contribution in [3.8, 4) is 0 Å². The molecule has 3 nitrogen and oxygen atoms in total. The summed E-state index contributed by atoms with van der Waals surface area (Å²) < 4.78 is 0. The van der Waals surface area contributed by atoms with Gasteiger partial charge in [-0.05, 0) is 30.5 Å². The van der Waals surface area contributed by atoms with Gasteiger partial charge in [-0.1, -0.05) is 50.8 Å². The Labute approximate surface area is 126 Å². The predicted octanol–water partition coefficient (Wildman–Crippen LogP) is 4.45. The first-order valence-electron chi connectivity index (χ1n) is 7.29. The molecular weight excluding hydrogens is 274 g/mol. The molecule has 20 heavy (non-hydrogen) atoms. The van der Waals surface area contributed by atoms with E-state index in [1.54, 1.807) is 6.07 Å². The normalized spacial score (nSPS) is 12.2. The highest BCUT2D eigenvalue weighted by Crippen LogP contribution is 2.22. The molecule has 0 bridgehead atoms. The summed E-state index contributed by atoms with van der Waals surface area (Å²) in [7, 11) is 0. The molecule has 0 radical (unpaired) electrons. The lowest BCUT2D eigenvalue weighted by Gasteiger charge is -2.28. The molecule has 1 atom stereocenters. The zero-order valence-electron chi connectivity index (χ0n) is 12.3. The number of carboxylic acid groups (broad SMARTS) is 1. The van der Waals surface area contributed by atoms with Gasteiger partial charge in [0, 0.05) is 17.3 Å². The number of hydrogen-bond acceptors (Lipinski definition) is 2. The summed E-state index contributed by atoms with van der Waals surface area (Å²) >= 11 is 6.01. The van der Waals surface area contributed by atoms with Crippen LogP contribution in [0.1, 0.15) is 39.5 Å². The smallest absolute Gasteiger partial charge is 0.323 e. The number of carbonyl (C=O) groups is 1. The number of halogens is 1. The van der Waals surface area contributed by atoms with E-state index in [0.29, 0.717) is 10.9 Å². The van der Waals surface area contributed by atoms with E-state index in [1.807, 2.05) is 23.1 Å². The highest BCUT2D eigenvalue weighted by atomic mass is 35.5. The molecule has 0 saturated heterocycles. The molecule has 1 unspecified atom stereocenters. The fraction of sp³-hybridized carbons (Fsp3) is 0.562. The monoisotopic (exact) mass is 297 g/mol. The zero-order valence-corrected chi connectivity index (χ0v) is 13.1. The lowest BCUT2D eigenvalue weighted by Crippen LogP contribution is -2.34. The second kappa shape index (κ2) is 8.85. The molecule has 0 aromatic heterocycles. The molecule has 1 aromatic rings. The van der Waals surface area contributed by atoms with E-state index >= 15 is 0 Å². The van der Waals surface area contributed by atoms with Gasteiger partial charge in [-0.2, -0.15) is 0 Å². The van der Waals surface area contributed by atoms with E-state index in [9.17, 15) is 4.79 Å². The fourth-order valence-corrected chi connectivity index (χ4v) is 2.51. The Morgan fingerprint density at radius 3 is 2.70 bits per heavy atom. The lowest BCUT2D eigenvalue weighted by molar-refractivity contribution is -0.135. The molecule has 1 N–H and O–H groups in total. The summed E-state index contributed by atoms with van der Waals surface area (Å²) in [4.78, 5) is 13.0. The minimum absolute atomic E-state index is 0.0168. The SMILES string of the molecule is CCCCC(CC)CN(CC(=O)O)c1cccc(Cl)c1. The van der Waals surface area contributed by atoms with Gasteiger partial charge in [-0.3, -0.25) is 4.79 Å². The third kappa shape index (κ3) is 5.83. The van der Waals surface area contributed by atoms with Crippen molar-refractivity contribution < 1.29 is 9.90 Å². The number of unbranched alkanes of at least 4 members (excludes halogenated alkanes) is 1. The molecular formula is C16H24ClNO2. The number of anilines is 1. The Kier molecular flexibility index (Phi) is 7.45. The third-order valence-corrected chi connectivity index (χ3v) is 3.76. The summed E-state index contributed by atoms with van der Waals surface area (Å²) in [5.74, 6) is -0.288. The van der Waals surface area contributed by atoms with E-state index in [1.165, 1.54) is 12.8 Å². The fourth-order valence-electron chi connectivity index (χ4n) is 2.33. The molecule has 1 aromatic carbocycles. The average molecular weight is 298 g/mol. The summed E-state index contributed by atoms with van der Waals surface area (Å²) in [6.45, 7) is 5.13. The third-order valence-electron chi connectivity index (χ3n) is 3.52. The number of aliphatic carboxylic acids is 1. The van der Waals surface area contributed by atoms with Crippen molar-refractivity contribution in [2.24, 2.45) is 5.92 Å². The van der Waals surface area contributed by atoms with Crippen LogP contribution in [0.25, 0.3) is 0 Å². The van der Waals surface area contributed by atoms with Crippen LogP contribution in [0.4, 0.5) is 5.69 Å². The van der Waals surface area contributed by atoms with Gasteiger partial charge >= 0.3 is 5.97 Å². The maximum Gasteiger partial charge on any atom is 0.323 e. The number of carboxylic acids is 1. The molecule has 4 heteroatoms. The molecule has 0 spiro atoms. The summed E-state index contributed by atoms with van der Waals surface area (Å²) in [5, 5.41) is 9.74. The minimum Gasteiger partial charge on any atom is -0.480 e. The van der Waals surface area contributed by atoms with Gasteiger partial charge in [-0.15, -0.1) is 0 Å². The highest BCUT2D eigenvalue weighted by Gasteiger charge is 2.16.